The van der Waals surface area contributed by atoms with E-state index in [-0.39, 0.29) is 5.78 Å². The first-order valence-electron chi connectivity index (χ1n) is 7.96. The normalized spacial score (nSPS) is 22.6. The molecule has 4 rings (SSSR count). The highest BCUT2D eigenvalue weighted by Gasteiger charge is 2.27. The van der Waals surface area contributed by atoms with E-state index in [9.17, 15) is 4.79 Å². The van der Waals surface area contributed by atoms with Crippen molar-refractivity contribution >= 4 is 16.8 Å². The molecule has 0 saturated carbocycles. The van der Waals surface area contributed by atoms with E-state index in [0.717, 1.165) is 30.6 Å². The van der Waals surface area contributed by atoms with E-state index >= 15 is 0 Å². The molecule has 2 aliphatic heterocycles. The highest BCUT2D eigenvalue weighted by Crippen LogP contribution is 2.26. The Bertz CT molecular complexity index is 703. The molecule has 0 spiro atoms. The second-order valence-electron chi connectivity index (χ2n) is 6.33. The third kappa shape index (κ3) is 2.18. The zero-order chi connectivity index (χ0) is 14.4. The molecule has 1 atom stereocenters. The number of imidazole rings is 1. The Kier molecular flexibility index (Phi) is 3.07. The van der Waals surface area contributed by atoms with Crippen molar-refractivity contribution in [2.45, 2.75) is 45.2 Å². The first-order valence-corrected chi connectivity index (χ1v) is 7.96. The number of aromatic nitrogens is 2. The third-order valence-electron chi connectivity index (χ3n) is 5.01. The van der Waals surface area contributed by atoms with E-state index in [2.05, 4.69) is 15.5 Å². The number of Topliss-reactive ketones (excluding diaryl/α,β-unsaturated/α-hetero) is 1. The van der Waals surface area contributed by atoms with Gasteiger partial charge in [0, 0.05) is 31.1 Å². The van der Waals surface area contributed by atoms with Crippen LogP contribution in [-0.4, -0.2) is 39.4 Å². The Morgan fingerprint density at radius 3 is 3.00 bits per heavy atom. The summed E-state index contributed by atoms with van der Waals surface area (Å²) in [5.74, 6) is 1.30. The van der Waals surface area contributed by atoms with E-state index < -0.39 is 0 Å². The van der Waals surface area contributed by atoms with Gasteiger partial charge in [0.2, 0.25) is 0 Å². The molecule has 1 saturated heterocycles. The summed E-state index contributed by atoms with van der Waals surface area (Å²) < 4.78 is 2.36. The lowest BCUT2D eigenvalue weighted by atomic mass is 10.00. The Labute approximate surface area is 124 Å². The fraction of sp³-hybridized carbons (Fsp3) is 0.529. The van der Waals surface area contributed by atoms with Crippen LogP contribution in [0.4, 0.5) is 0 Å². The molecule has 0 radical (unpaired) electrons. The monoisotopic (exact) mass is 283 g/mol. The standard InChI is InChI=1S/C17H21N3O/c1-12(21)13-5-6-16-15(10-13)18-17-11-14-4-2-3-7-19(14)8-9-20(16)17/h5-6,10,14H,2-4,7-9,11H2,1H3. The van der Waals surface area contributed by atoms with E-state index in [1.165, 1.54) is 37.1 Å². The lowest BCUT2D eigenvalue weighted by Crippen LogP contribution is -2.40. The third-order valence-corrected chi connectivity index (χ3v) is 5.01. The van der Waals surface area contributed by atoms with Gasteiger partial charge in [-0.2, -0.15) is 0 Å². The number of hydrogen-bond donors (Lipinski definition) is 0. The summed E-state index contributed by atoms with van der Waals surface area (Å²) in [5.41, 5.74) is 2.91. The molecule has 1 aromatic heterocycles. The number of nitrogens with zero attached hydrogens (tertiary/aromatic N) is 3. The molecule has 110 valence electrons. The smallest absolute Gasteiger partial charge is 0.159 e. The van der Waals surface area contributed by atoms with Gasteiger partial charge in [-0.05, 0) is 44.5 Å². The second-order valence-corrected chi connectivity index (χ2v) is 6.33. The van der Waals surface area contributed by atoms with Gasteiger partial charge in [-0.3, -0.25) is 9.69 Å². The van der Waals surface area contributed by atoms with Gasteiger partial charge >= 0.3 is 0 Å². The van der Waals surface area contributed by atoms with Crippen LogP contribution >= 0.6 is 0 Å². The Morgan fingerprint density at radius 1 is 1.24 bits per heavy atom. The lowest BCUT2D eigenvalue weighted by Gasteiger charge is -2.33. The zero-order valence-corrected chi connectivity index (χ0v) is 12.5. The second kappa shape index (κ2) is 4.95. The SMILES string of the molecule is CC(=O)c1ccc2c(c1)nc1n2CCN2CCCCC2C1. The maximum Gasteiger partial charge on any atom is 0.159 e. The number of rotatable bonds is 1. The first-order chi connectivity index (χ1) is 10.2. The Balaban J connectivity index is 1.76. The minimum Gasteiger partial charge on any atom is -0.327 e. The number of hydrogen-bond acceptors (Lipinski definition) is 3. The lowest BCUT2D eigenvalue weighted by molar-refractivity contribution is 0.101. The molecule has 2 aliphatic rings. The number of carbonyl (C=O) groups is 1. The number of benzene rings is 1. The highest BCUT2D eigenvalue weighted by molar-refractivity contribution is 5.97. The maximum absolute atomic E-state index is 11.5. The highest BCUT2D eigenvalue weighted by atomic mass is 16.1. The summed E-state index contributed by atoms with van der Waals surface area (Å²) in [6.45, 7) is 4.99. The fourth-order valence-electron chi connectivity index (χ4n) is 3.83. The van der Waals surface area contributed by atoms with E-state index in [1.807, 2.05) is 12.1 Å². The van der Waals surface area contributed by atoms with Crippen molar-refractivity contribution < 1.29 is 4.79 Å². The van der Waals surface area contributed by atoms with Crippen LogP contribution in [0.15, 0.2) is 18.2 Å². The Morgan fingerprint density at radius 2 is 2.14 bits per heavy atom. The molecule has 21 heavy (non-hydrogen) atoms. The molecule has 1 unspecified atom stereocenters. The molecule has 3 heterocycles. The molecule has 0 bridgehead atoms. The van der Waals surface area contributed by atoms with Crippen molar-refractivity contribution in [3.05, 3.63) is 29.6 Å². The van der Waals surface area contributed by atoms with Gasteiger partial charge in [-0.25, -0.2) is 4.98 Å². The van der Waals surface area contributed by atoms with Crippen LogP contribution in [0.1, 0.15) is 42.4 Å². The van der Waals surface area contributed by atoms with Gasteiger partial charge in [-0.1, -0.05) is 6.42 Å². The van der Waals surface area contributed by atoms with Crippen LogP contribution in [-0.2, 0) is 13.0 Å². The van der Waals surface area contributed by atoms with Crippen molar-refractivity contribution in [1.29, 1.82) is 0 Å². The number of fused-ring (bicyclic) bond motifs is 4. The predicted octanol–water partition coefficient (Wildman–Crippen LogP) is 2.65. The molecule has 2 aromatic rings. The molecule has 0 N–H and O–H groups in total. The average Bonchev–Trinajstić information content (AvgIpc) is 2.72. The van der Waals surface area contributed by atoms with E-state index in [4.69, 9.17) is 4.98 Å². The van der Waals surface area contributed by atoms with Crippen molar-refractivity contribution in [3.63, 3.8) is 0 Å². The fourth-order valence-corrected chi connectivity index (χ4v) is 3.83. The van der Waals surface area contributed by atoms with Crippen LogP contribution in [0.2, 0.25) is 0 Å². The summed E-state index contributed by atoms with van der Waals surface area (Å²) in [7, 11) is 0. The van der Waals surface area contributed by atoms with Crippen molar-refractivity contribution in [3.8, 4) is 0 Å². The molecule has 4 nitrogen and oxygen atoms in total. The molecule has 1 fully saturated rings. The van der Waals surface area contributed by atoms with Crippen molar-refractivity contribution in [2.75, 3.05) is 13.1 Å². The largest absolute Gasteiger partial charge is 0.327 e. The average molecular weight is 283 g/mol. The van der Waals surface area contributed by atoms with Crippen LogP contribution in [0.25, 0.3) is 11.0 Å². The molecule has 0 aliphatic carbocycles. The predicted molar refractivity (Wildman–Crippen MR) is 82.7 cm³/mol. The molecular formula is C17H21N3O. The number of piperidine rings is 1. The molecule has 4 heteroatoms. The molecule has 1 aromatic carbocycles. The number of carbonyl (C=O) groups excluding carboxylic acids is 1. The minimum atomic E-state index is 0.110. The van der Waals surface area contributed by atoms with Gasteiger partial charge in [0.25, 0.3) is 0 Å². The first kappa shape index (κ1) is 13.0. The summed E-state index contributed by atoms with van der Waals surface area (Å²) in [6.07, 6.45) is 5.02. The molecule has 0 amide bonds. The van der Waals surface area contributed by atoms with Crippen LogP contribution in [0, 0.1) is 0 Å². The van der Waals surface area contributed by atoms with Crippen LogP contribution in [0.3, 0.4) is 0 Å². The quantitative estimate of drug-likeness (QED) is 0.755. The summed E-state index contributed by atoms with van der Waals surface area (Å²) in [6, 6.07) is 6.59. The topological polar surface area (TPSA) is 38.1 Å². The maximum atomic E-state index is 11.5. The van der Waals surface area contributed by atoms with E-state index in [1.54, 1.807) is 6.92 Å². The van der Waals surface area contributed by atoms with Gasteiger partial charge in [-0.15, -0.1) is 0 Å². The van der Waals surface area contributed by atoms with Crippen molar-refractivity contribution in [2.24, 2.45) is 0 Å². The van der Waals surface area contributed by atoms with Crippen LogP contribution < -0.4 is 0 Å². The summed E-state index contributed by atoms with van der Waals surface area (Å²) in [5, 5.41) is 0. The molecular weight excluding hydrogens is 262 g/mol. The Hall–Kier alpha value is -1.68. The van der Waals surface area contributed by atoms with Crippen LogP contribution in [0.5, 0.6) is 0 Å². The van der Waals surface area contributed by atoms with Gasteiger partial charge < -0.3 is 4.57 Å². The summed E-state index contributed by atoms with van der Waals surface area (Å²) in [4.78, 5) is 19.0. The van der Waals surface area contributed by atoms with E-state index in [0.29, 0.717) is 6.04 Å². The minimum absolute atomic E-state index is 0.110. The number of ketones is 1. The van der Waals surface area contributed by atoms with Gasteiger partial charge in [0.1, 0.15) is 5.82 Å². The van der Waals surface area contributed by atoms with Crippen molar-refractivity contribution in [1.82, 2.24) is 14.5 Å². The van der Waals surface area contributed by atoms with Gasteiger partial charge in [0.05, 0.1) is 11.0 Å². The van der Waals surface area contributed by atoms with Gasteiger partial charge in [0.15, 0.2) is 5.78 Å². The zero-order valence-electron chi connectivity index (χ0n) is 12.5. The summed E-state index contributed by atoms with van der Waals surface area (Å²) >= 11 is 0.